The molecule has 2 aromatic rings. The summed E-state index contributed by atoms with van der Waals surface area (Å²) in [4.78, 5) is 18.9. The molecule has 0 radical (unpaired) electrons. The van der Waals surface area contributed by atoms with Gasteiger partial charge in [0, 0.05) is 31.0 Å². The van der Waals surface area contributed by atoms with E-state index in [0.29, 0.717) is 24.3 Å². The van der Waals surface area contributed by atoms with E-state index in [9.17, 15) is 4.79 Å². The molecule has 0 unspecified atom stereocenters. The number of aromatic nitrogens is 3. The third kappa shape index (κ3) is 3.13. The van der Waals surface area contributed by atoms with Gasteiger partial charge in [0.2, 0.25) is 0 Å². The Morgan fingerprint density at radius 1 is 1.21 bits per heavy atom. The number of nitrogens with one attached hydrogen (secondary N) is 1. The number of hydrogen-bond acceptors (Lipinski definition) is 3. The summed E-state index contributed by atoms with van der Waals surface area (Å²) < 4.78 is 1.80. The van der Waals surface area contributed by atoms with Crippen molar-refractivity contribution in [3.63, 3.8) is 0 Å². The largest absolute Gasteiger partial charge is 0.323 e. The van der Waals surface area contributed by atoms with E-state index in [4.69, 9.17) is 0 Å². The number of hydrogen-bond donors (Lipinski definition) is 1. The monoisotopic (exact) mass is 325 g/mol. The zero-order valence-electron chi connectivity index (χ0n) is 13.8. The van der Waals surface area contributed by atoms with Gasteiger partial charge in [0.25, 0.3) is 0 Å². The molecule has 6 heteroatoms. The van der Waals surface area contributed by atoms with Crippen molar-refractivity contribution in [2.24, 2.45) is 5.92 Å². The van der Waals surface area contributed by atoms with Crippen LogP contribution in [0.5, 0.6) is 0 Å². The Labute approximate surface area is 141 Å². The molecule has 1 aliphatic carbocycles. The van der Waals surface area contributed by atoms with Gasteiger partial charge >= 0.3 is 6.03 Å². The number of pyridine rings is 1. The predicted octanol–water partition coefficient (Wildman–Crippen LogP) is 3.12. The molecule has 0 bridgehead atoms. The molecule has 2 aliphatic rings. The van der Waals surface area contributed by atoms with Crippen LogP contribution < -0.4 is 5.32 Å². The van der Waals surface area contributed by atoms with Crippen LogP contribution in [0, 0.1) is 5.92 Å². The smallest absolute Gasteiger partial charge is 0.321 e. The maximum atomic E-state index is 12.6. The summed E-state index contributed by atoms with van der Waals surface area (Å²) in [6.45, 7) is 1.47. The SMILES string of the molecule is O=C(Nc1ccn(Cc2ccccn2)n1)N1CC[C@H]2CCCC[C@H]21. The number of rotatable bonds is 3. The summed E-state index contributed by atoms with van der Waals surface area (Å²) in [5, 5.41) is 7.40. The first-order valence-electron chi connectivity index (χ1n) is 8.80. The van der Waals surface area contributed by atoms with Gasteiger partial charge in [0.15, 0.2) is 5.82 Å². The Hall–Kier alpha value is -2.37. The fourth-order valence-electron chi connectivity index (χ4n) is 4.01. The molecular formula is C18H23N5O. The molecule has 2 fully saturated rings. The lowest BCUT2D eigenvalue weighted by molar-refractivity contribution is 0.181. The molecule has 1 aliphatic heterocycles. The van der Waals surface area contributed by atoms with Crippen LogP contribution in [-0.4, -0.2) is 38.3 Å². The van der Waals surface area contributed by atoms with E-state index < -0.39 is 0 Å². The van der Waals surface area contributed by atoms with Crippen LogP contribution in [0.15, 0.2) is 36.7 Å². The van der Waals surface area contributed by atoms with Gasteiger partial charge in [0.05, 0.1) is 12.2 Å². The second-order valence-electron chi connectivity index (χ2n) is 6.74. The first kappa shape index (κ1) is 15.2. The molecule has 1 N–H and O–H groups in total. The second-order valence-corrected chi connectivity index (χ2v) is 6.74. The molecule has 24 heavy (non-hydrogen) atoms. The third-order valence-corrected chi connectivity index (χ3v) is 5.20. The number of fused-ring (bicyclic) bond motifs is 1. The van der Waals surface area contributed by atoms with Crippen molar-refractivity contribution in [1.82, 2.24) is 19.7 Å². The highest BCUT2D eigenvalue weighted by atomic mass is 16.2. The van der Waals surface area contributed by atoms with E-state index in [-0.39, 0.29) is 6.03 Å². The van der Waals surface area contributed by atoms with Crippen molar-refractivity contribution in [3.05, 3.63) is 42.4 Å². The van der Waals surface area contributed by atoms with Crippen molar-refractivity contribution in [1.29, 1.82) is 0 Å². The highest BCUT2D eigenvalue weighted by molar-refractivity contribution is 5.88. The fraction of sp³-hybridized carbons (Fsp3) is 0.500. The van der Waals surface area contributed by atoms with E-state index in [1.807, 2.05) is 35.4 Å². The molecule has 0 aromatic carbocycles. The number of carbonyl (C=O) groups excluding carboxylic acids is 1. The van der Waals surface area contributed by atoms with Gasteiger partial charge in [-0.1, -0.05) is 18.9 Å². The van der Waals surface area contributed by atoms with E-state index >= 15 is 0 Å². The Balaban J connectivity index is 1.38. The highest BCUT2D eigenvalue weighted by Gasteiger charge is 2.38. The van der Waals surface area contributed by atoms with Gasteiger partial charge in [0.1, 0.15) is 0 Å². The average Bonchev–Trinajstić information content (AvgIpc) is 3.22. The number of nitrogens with zero attached hydrogens (tertiary/aromatic N) is 4. The molecule has 1 saturated heterocycles. The van der Waals surface area contributed by atoms with E-state index in [1.165, 1.54) is 19.3 Å². The summed E-state index contributed by atoms with van der Waals surface area (Å²) >= 11 is 0. The molecule has 1 saturated carbocycles. The molecule has 2 atom stereocenters. The Morgan fingerprint density at radius 3 is 3.00 bits per heavy atom. The van der Waals surface area contributed by atoms with Crippen LogP contribution >= 0.6 is 0 Å². The van der Waals surface area contributed by atoms with Crippen LogP contribution in [-0.2, 0) is 6.54 Å². The topological polar surface area (TPSA) is 63.1 Å². The summed E-state index contributed by atoms with van der Waals surface area (Å²) in [5.41, 5.74) is 0.947. The number of carbonyl (C=O) groups is 1. The standard InChI is InChI=1S/C18H23N5O/c24-18(23-12-8-14-5-1-2-7-16(14)23)20-17-9-11-22(21-17)13-15-6-3-4-10-19-15/h3-4,6,9-11,14,16H,1-2,5,7-8,12-13H2,(H,20,21,24)/t14-,16-/m1/s1. The van der Waals surface area contributed by atoms with Crippen LogP contribution in [0.1, 0.15) is 37.8 Å². The van der Waals surface area contributed by atoms with Crippen LogP contribution in [0.25, 0.3) is 0 Å². The maximum Gasteiger partial charge on any atom is 0.323 e. The Kier molecular flexibility index (Phi) is 4.19. The molecule has 2 amide bonds. The summed E-state index contributed by atoms with van der Waals surface area (Å²) in [7, 11) is 0. The molecule has 126 valence electrons. The third-order valence-electron chi connectivity index (χ3n) is 5.20. The van der Waals surface area contributed by atoms with Gasteiger partial charge in [-0.25, -0.2) is 4.79 Å². The minimum Gasteiger partial charge on any atom is -0.321 e. The molecule has 3 heterocycles. The maximum absolute atomic E-state index is 12.6. The van der Waals surface area contributed by atoms with Crippen molar-refractivity contribution in [2.75, 3.05) is 11.9 Å². The van der Waals surface area contributed by atoms with Crippen LogP contribution in [0.4, 0.5) is 10.6 Å². The first-order valence-corrected chi connectivity index (χ1v) is 8.80. The number of urea groups is 1. The zero-order chi connectivity index (χ0) is 16.4. The lowest BCUT2D eigenvalue weighted by Crippen LogP contribution is -2.41. The van der Waals surface area contributed by atoms with Crippen molar-refractivity contribution < 1.29 is 4.79 Å². The van der Waals surface area contributed by atoms with Gasteiger partial charge < -0.3 is 4.90 Å². The summed E-state index contributed by atoms with van der Waals surface area (Å²) in [5.74, 6) is 1.31. The molecule has 4 rings (SSSR count). The molecule has 6 nitrogen and oxygen atoms in total. The van der Waals surface area contributed by atoms with Crippen molar-refractivity contribution in [2.45, 2.75) is 44.7 Å². The van der Waals surface area contributed by atoms with E-state index in [2.05, 4.69) is 15.4 Å². The molecule has 2 aromatic heterocycles. The van der Waals surface area contributed by atoms with Crippen molar-refractivity contribution in [3.8, 4) is 0 Å². The van der Waals surface area contributed by atoms with Crippen molar-refractivity contribution >= 4 is 11.8 Å². The molecule has 0 spiro atoms. The van der Waals surface area contributed by atoms with Crippen LogP contribution in [0.3, 0.4) is 0 Å². The number of likely N-dealkylation sites (tertiary alicyclic amines) is 1. The zero-order valence-corrected chi connectivity index (χ0v) is 13.8. The summed E-state index contributed by atoms with van der Waals surface area (Å²) in [6, 6.07) is 8.08. The normalized spacial score (nSPS) is 23.1. The van der Waals surface area contributed by atoms with E-state index in [1.54, 1.807) is 10.9 Å². The van der Waals surface area contributed by atoms with Gasteiger partial charge in [-0.15, -0.1) is 0 Å². The molecular weight excluding hydrogens is 302 g/mol. The Morgan fingerprint density at radius 2 is 2.12 bits per heavy atom. The first-order chi connectivity index (χ1) is 11.8. The van der Waals surface area contributed by atoms with Gasteiger partial charge in [-0.3, -0.25) is 15.0 Å². The fourth-order valence-corrected chi connectivity index (χ4v) is 4.01. The van der Waals surface area contributed by atoms with Crippen LogP contribution in [0.2, 0.25) is 0 Å². The Bertz CT molecular complexity index is 698. The number of anilines is 1. The van der Waals surface area contributed by atoms with Gasteiger partial charge in [-0.2, -0.15) is 5.10 Å². The second kappa shape index (κ2) is 6.63. The lowest BCUT2D eigenvalue weighted by Gasteiger charge is -2.31. The average molecular weight is 325 g/mol. The quantitative estimate of drug-likeness (QED) is 0.943. The minimum atomic E-state index is -0.00696. The lowest BCUT2D eigenvalue weighted by atomic mass is 9.85. The minimum absolute atomic E-state index is 0.00696. The summed E-state index contributed by atoms with van der Waals surface area (Å²) in [6.07, 6.45) is 9.76. The predicted molar refractivity (Wildman–Crippen MR) is 91.7 cm³/mol. The van der Waals surface area contributed by atoms with E-state index in [0.717, 1.165) is 25.1 Å². The highest BCUT2D eigenvalue weighted by Crippen LogP contribution is 2.36. The number of amides is 2. The van der Waals surface area contributed by atoms with Gasteiger partial charge in [-0.05, 0) is 37.3 Å².